The fraction of sp³-hybridized carbons (Fsp3) is 0.923. The standard InChI is InChI=1S/C13H23NO3/c1-2-17-12-7-11(8-12)14-10-5-3-9(4-6-10)13(15)16/h9-12,14H,2-8H2,1H3,(H,15,16). The van der Waals surface area contributed by atoms with E-state index in [1.807, 2.05) is 6.92 Å². The number of hydrogen-bond donors (Lipinski definition) is 2. The second kappa shape index (κ2) is 5.83. The van der Waals surface area contributed by atoms with Crippen LogP contribution in [0.15, 0.2) is 0 Å². The molecule has 0 aliphatic heterocycles. The van der Waals surface area contributed by atoms with Crippen molar-refractivity contribution in [1.82, 2.24) is 5.32 Å². The summed E-state index contributed by atoms with van der Waals surface area (Å²) in [4.78, 5) is 10.8. The maximum Gasteiger partial charge on any atom is 0.306 e. The van der Waals surface area contributed by atoms with Gasteiger partial charge < -0.3 is 15.2 Å². The van der Waals surface area contributed by atoms with E-state index in [1.54, 1.807) is 0 Å². The molecule has 0 saturated heterocycles. The first-order valence-electron chi connectivity index (χ1n) is 6.79. The van der Waals surface area contributed by atoms with Crippen LogP contribution in [-0.2, 0) is 9.53 Å². The Morgan fingerprint density at radius 3 is 2.41 bits per heavy atom. The van der Waals surface area contributed by atoms with Crippen molar-refractivity contribution in [2.45, 2.75) is 63.6 Å². The first-order chi connectivity index (χ1) is 8.19. The quantitative estimate of drug-likeness (QED) is 0.770. The minimum absolute atomic E-state index is 0.106. The number of carbonyl (C=O) groups is 1. The minimum Gasteiger partial charge on any atom is -0.481 e. The third kappa shape index (κ3) is 3.42. The topological polar surface area (TPSA) is 58.6 Å². The van der Waals surface area contributed by atoms with E-state index in [-0.39, 0.29) is 5.92 Å². The molecule has 4 nitrogen and oxygen atoms in total. The van der Waals surface area contributed by atoms with Gasteiger partial charge in [-0.25, -0.2) is 0 Å². The summed E-state index contributed by atoms with van der Waals surface area (Å²) in [7, 11) is 0. The van der Waals surface area contributed by atoms with Crippen LogP contribution in [0.3, 0.4) is 0 Å². The molecular formula is C13H23NO3. The molecule has 2 fully saturated rings. The molecule has 0 amide bonds. The van der Waals surface area contributed by atoms with E-state index >= 15 is 0 Å². The zero-order valence-corrected chi connectivity index (χ0v) is 10.5. The fourth-order valence-electron chi connectivity index (χ4n) is 2.91. The number of carboxylic acid groups (broad SMARTS) is 1. The van der Waals surface area contributed by atoms with Crippen LogP contribution < -0.4 is 5.32 Å². The Labute approximate surface area is 103 Å². The van der Waals surface area contributed by atoms with Gasteiger partial charge in [0.15, 0.2) is 0 Å². The van der Waals surface area contributed by atoms with Gasteiger partial charge in [-0.15, -0.1) is 0 Å². The number of aliphatic carboxylic acids is 1. The van der Waals surface area contributed by atoms with Crippen molar-refractivity contribution in [2.24, 2.45) is 5.92 Å². The van der Waals surface area contributed by atoms with Crippen molar-refractivity contribution in [3.05, 3.63) is 0 Å². The third-order valence-electron chi connectivity index (χ3n) is 4.05. The summed E-state index contributed by atoms with van der Waals surface area (Å²) < 4.78 is 5.53. The Kier molecular flexibility index (Phi) is 4.40. The van der Waals surface area contributed by atoms with Gasteiger partial charge >= 0.3 is 5.97 Å². The van der Waals surface area contributed by atoms with Crippen LogP contribution in [0.2, 0.25) is 0 Å². The number of carboxylic acids is 1. The predicted molar refractivity (Wildman–Crippen MR) is 65.0 cm³/mol. The molecule has 2 aliphatic rings. The molecule has 98 valence electrons. The smallest absolute Gasteiger partial charge is 0.306 e. The Bertz CT molecular complexity index is 255. The van der Waals surface area contributed by atoms with Gasteiger partial charge in [-0.1, -0.05) is 0 Å². The second-order valence-corrected chi connectivity index (χ2v) is 5.30. The summed E-state index contributed by atoms with van der Waals surface area (Å²) in [5, 5.41) is 12.6. The summed E-state index contributed by atoms with van der Waals surface area (Å²) in [6.45, 7) is 2.84. The molecule has 2 rings (SSSR count). The van der Waals surface area contributed by atoms with Crippen LogP contribution in [0.5, 0.6) is 0 Å². The van der Waals surface area contributed by atoms with Gasteiger partial charge in [0.2, 0.25) is 0 Å². The average molecular weight is 241 g/mol. The zero-order valence-electron chi connectivity index (χ0n) is 10.5. The Morgan fingerprint density at radius 2 is 1.88 bits per heavy atom. The number of ether oxygens (including phenoxy) is 1. The molecule has 0 heterocycles. The van der Waals surface area contributed by atoms with Gasteiger partial charge in [-0.2, -0.15) is 0 Å². The lowest BCUT2D eigenvalue weighted by Crippen LogP contribution is -2.50. The molecule has 0 spiro atoms. The average Bonchev–Trinajstić information content (AvgIpc) is 2.27. The molecule has 0 aromatic rings. The summed E-state index contributed by atoms with van der Waals surface area (Å²) >= 11 is 0. The molecule has 0 unspecified atom stereocenters. The van der Waals surface area contributed by atoms with E-state index in [0.29, 0.717) is 18.2 Å². The highest BCUT2D eigenvalue weighted by molar-refractivity contribution is 5.70. The van der Waals surface area contributed by atoms with Crippen molar-refractivity contribution in [2.75, 3.05) is 6.61 Å². The summed E-state index contributed by atoms with van der Waals surface area (Å²) in [6, 6.07) is 1.12. The van der Waals surface area contributed by atoms with Crippen LogP contribution in [0, 0.1) is 5.92 Å². The van der Waals surface area contributed by atoms with Crippen molar-refractivity contribution in [1.29, 1.82) is 0 Å². The number of nitrogens with one attached hydrogen (secondary N) is 1. The van der Waals surface area contributed by atoms with E-state index in [4.69, 9.17) is 9.84 Å². The van der Waals surface area contributed by atoms with Crippen molar-refractivity contribution in [3.63, 3.8) is 0 Å². The lowest BCUT2D eigenvalue weighted by Gasteiger charge is -2.39. The van der Waals surface area contributed by atoms with Crippen molar-refractivity contribution in [3.8, 4) is 0 Å². The summed E-state index contributed by atoms with van der Waals surface area (Å²) in [6.07, 6.45) is 6.36. The van der Waals surface area contributed by atoms with Gasteiger partial charge in [0.05, 0.1) is 12.0 Å². The molecule has 2 saturated carbocycles. The van der Waals surface area contributed by atoms with E-state index in [2.05, 4.69) is 5.32 Å². The van der Waals surface area contributed by atoms with Gasteiger partial charge in [-0.3, -0.25) is 4.79 Å². The SMILES string of the molecule is CCOC1CC(NC2CCC(C(=O)O)CC2)C1. The maximum atomic E-state index is 10.8. The molecule has 0 bridgehead atoms. The van der Waals surface area contributed by atoms with Gasteiger partial charge in [0.1, 0.15) is 0 Å². The van der Waals surface area contributed by atoms with E-state index in [0.717, 1.165) is 45.1 Å². The molecule has 0 aromatic heterocycles. The highest BCUT2D eigenvalue weighted by atomic mass is 16.5. The lowest BCUT2D eigenvalue weighted by atomic mass is 9.83. The maximum absolute atomic E-state index is 10.8. The zero-order chi connectivity index (χ0) is 12.3. The highest BCUT2D eigenvalue weighted by Crippen LogP contribution is 2.28. The predicted octanol–water partition coefficient (Wildman–Crippen LogP) is 1.79. The normalized spacial score (nSPS) is 37.5. The Balaban J connectivity index is 1.61. The first kappa shape index (κ1) is 12.8. The van der Waals surface area contributed by atoms with E-state index < -0.39 is 5.97 Å². The molecule has 17 heavy (non-hydrogen) atoms. The van der Waals surface area contributed by atoms with Crippen LogP contribution >= 0.6 is 0 Å². The second-order valence-electron chi connectivity index (χ2n) is 5.30. The Hall–Kier alpha value is -0.610. The number of hydrogen-bond acceptors (Lipinski definition) is 3. The van der Waals surface area contributed by atoms with E-state index in [1.165, 1.54) is 0 Å². The molecular weight excluding hydrogens is 218 g/mol. The van der Waals surface area contributed by atoms with Crippen LogP contribution in [0.1, 0.15) is 45.4 Å². The molecule has 2 aliphatic carbocycles. The largest absolute Gasteiger partial charge is 0.481 e. The Morgan fingerprint density at radius 1 is 1.24 bits per heavy atom. The van der Waals surface area contributed by atoms with Gasteiger partial charge in [0, 0.05) is 18.7 Å². The van der Waals surface area contributed by atoms with Crippen molar-refractivity contribution < 1.29 is 14.6 Å². The van der Waals surface area contributed by atoms with Crippen LogP contribution in [-0.4, -0.2) is 35.9 Å². The fourth-order valence-corrected chi connectivity index (χ4v) is 2.91. The molecule has 2 N–H and O–H groups in total. The van der Waals surface area contributed by atoms with Crippen LogP contribution in [0.25, 0.3) is 0 Å². The van der Waals surface area contributed by atoms with Gasteiger partial charge in [0.25, 0.3) is 0 Å². The molecule has 0 aromatic carbocycles. The first-order valence-corrected chi connectivity index (χ1v) is 6.79. The molecule has 4 heteroatoms. The van der Waals surface area contributed by atoms with E-state index in [9.17, 15) is 4.79 Å². The van der Waals surface area contributed by atoms with Crippen molar-refractivity contribution >= 4 is 5.97 Å². The summed E-state index contributed by atoms with van der Waals surface area (Å²) in [5.41, 5.74) is 0. The highest BCUT2D eigenvalue weighted by Gasteiger charge is 2.33. The molecule has 0 radical (unpaired) electrons. The van der Waals surface area contributed by atoms with Crippen LogP contribution in [0.4, 0.5) is 0 Å². The third-order valence-corrected chi connectivity index (χ3v) is 4.05. The lowest BCUT2D eigenvalue weighted by molar-refractivity contribution is -0.142. The monoisotopic (exact) mass is 241 g/mol. The summed E-state index contributed by atoms with van der Waals surface area (Å²) in [5.74, 6) is -0.728. The van der Waals surface area contributed by atoms with Gasteiger partial charge in [-0.05, 0) is 45.4 Å². The molecule has 0 atom stereocenters. The number of rotatable bonds is 5. The minimum atomic E-state index is -0.622.